The number of hydrogen-bond donors (Lipinski definition) is 1. The Morgan fingerprint density at radius 2 is 2.15 bits per heavy atom. The van der Waals surface area contributed by atoms with Gasteiger partial charge < -0.3 is 10.1 Å². The molecular weight excluding hydrogens is 354 g/mol. The number of carbonyl (C=O) groups excluding carboxylic acids is 2. The van der Waals surface area contributed by atoms with Crippen molar-refractivity contribution >= 4 is 33.4 Å². The van der Waals surface area contributed by atoms with Gasteiger partial charge >= 0.3 is 5.97 Å². The van der Waals surface area contributed by atoms with Crippen molar-refractivity contribution in [3.8, 4) is 0 Å². The lowest BCUT2D eigenvalue weighted by Crippen LogP contribution is -2.30. The van der Waals surface area contributed by atoms with Gasteiger partial charge in [0.15, 0.2) is 6.61 Å². The van der Waals surface area contributed by atoms with Gasteiger partial charge in [0.2, 0.25) is 0 Å². The summed E-state index contributed by atoms with van der Waals surface area (Å²) in [4.78, 5) is 42.2. The number of esters is 1. The van der Waals surface area contributed by atoms with Gasteiger partial charge in [-0.15, -0.1) is 11.3 Å². The van der Waals surface area contributed by atoms with Gasteiger partial charge in [0.1, 0.15) is 15.5 Å². The minimum Gasteiger partial charge on any atom is -0.451 e. The molecule has 1 aliphatic heterocycles. The highest BCUT2D eigenvalue weighted by atomic mass is 32.1. The predicted molar refractivity (Wildman–Crippen MR) is 99.7 cm³/mol. The number of thiophene rings is 1. The van der Waals surface area contributed by atoms with Gasteiger partial charge in [-0.05, 0) is 31.2 Å². The summed E-state index contributed by atoms with van der Waals surface area (Å²) in [7, 11) is 0. The molecule has 0 bridgehead atoms. The van der Waals surface area contributed by atoms with Gasteiger partial charge in [-0.2, -0.15) is 0 Å². The molecule has 0 unspecified atom stereocenters. The number of hydrogen-bond acceptors (Lipinski definition) is 6. The second kappa shape index (κ2) is 7.57. The summed E-state index contributed by atoms with van der Waals surface area (Å²) < 4.78 is 6.80. The lowest BCUT2D eigenvalue weighted by Gasteiger charge is -2.07. The number of ether oxygens (including phenoxy) is 1. The van der Waals surface area contributed by atoms with Crippen molar-refractivity contribution in [2.24, 2.45) is 5.92 Å². The summed E-state index contributed by atoms with van der Waals surface area (Å²) in [5, 5.41) is 3.20. The van der Waals surface area contributed by atoms with Crippen LogP contribution >= 0.6 is 11.3 Å². The van der Waals surface area contributed by atoms with Crippen LogP contribution in [0.15, 0.2) is 4.79 Å². The molecule has 0 radical (unpaired) electrons. The van der Waals surface area contributed by atoms with Crippen molar-refractivity contribution in [1.29, 1.82) is 0 Å². The summed E-state index contributed by atoms with van der Waals surface area (Å²) in [5.74, 6) is 0.351. The van der Waals surface area contributed by atoms with Gasteiger partial charge in [0.05, 0.1) is 5.39 Å². The summed E-state index contributed by atoms with van der Waals surface area (Å²) in [5.41, 5.74) is 0.483. The van der Waals surface area contributed by atoms with Crippen LogP contribution in [0, 0.1) is 12.8 Å². The number of rotatable bonds is 6. The largest absolute Gasteiger partial charge is 0.451 e. The molecule has 0 saturated carbocycles. The van der Waals surface area contributed by atoms with Crippen molar-refractivity contribution in [3.63, 3.8) is 0 Å². The minimum absolute atomic E-state index is 0.0956. The summed E-state index contributed by atoms with van der Waals surface area (Å²) in [6.45, 7) is 6.77. The fourth-order valence-corrected chi connectivity index (χ4v) is 4.10. The standard InChI is InChI=1S/C18H23N3O4S/c1-10(2)6-7-19-13(22)9-25-18(24)15-11(3)14-16(26-15)20-12-5-4-8-21(12)17(14)23/h10H,4-9H2,1-3H3,(H,19,22). The first-order chi connectivity index (χ1) is 12.4. The lowest BCUT2D eigenvalue weighted by atomic mass is 10.1. The third-order valence-electron chi connectivity index (χ3n) is 4.48. The van der Waals surface area contributed by atoms with Gasteiger partial charge in [-0.25, -0.2) is 9.78 Å². The zero-order chi connectivity index (χ0) is 18.8. The van der Waals surface area contributed by atoms with Crippen molar-refractivity contribution in [1.82, 2.24) is 14.9 Å². The molecule has 1 aliphatic rings. The smallest absolute Gasteiger partial charge is 0.349 e. The molecule has 26 heavy (non-hydrogen) atoms. The number of carbonyl (C=O) groups is 2. The third kappa shape index (κ3) is 3.65. The molecule has 0 saturated heterocycles. The van der Waals surface area contributed by atoms with Gasteiger partial charge in [0, 0.05) is 19.5 Å². The van der Waals surface area contributed by atoms with E-state index in [-0.39, 0.29) is 18.1 Å². The topological polar surface area (TPSA) is 90.3 Å². The van der Waals surface area contributed by atoms with Crippen LogP contribution in [0.1, 0.15) is 47.7 Å². The summed E-state index contributed by atoms with van der Waals surface area (Å²) in [6.07, 6.45) is 2.56. The van der Waals surface area contributed by atoms with E-state index in [0.29, 0.717) is 39.7 Å². The highest BCUT2D eigenvalue weighted by Crippen LogP contribution is 2.29. The van der Waals surface area contributed by atoms with Crippen LogP contribution in [0.5, 0.6) is 0 Å². The monoisotopic (exact) mass is 377 g/mol. The lowest BCUT2D eigenvalue weighted by molar-refractivity contribution is -0.124. The number of nitrogens with zero attached hydrogens (tertiary/aromatic N) is 2. The SMILES string of the molecule is Cc1c(C(=O)OCC(=O)NCCC(C)C)sc2nc3n(c(=O)c12)CCC3. The molecule has 0 atom stereocenters. The van der Waals surface area contributed by atoms with Crippen LogP contribution in [-0.2, 0) is 22.5 Å². The van der Waals surface area contributed by atoms with E-state index in [1.165, 1.54) is 0 Å². The van der Waals surface area contributed by atoms with E-state index >= 15 is 0 Å². The molecule has 2 aromatic rings. The zero-order valence-electron chi connectivity index (χ0n) is 15.3. The van der Waals surface area contributed by atoms with Gasteiger partial charge in [-0.1, -0.05) is 13.8 Å². The van der Waals surface area contributed by atoms with E-state index in [1.54, 1.807) is 11.5 Å². The maximum atomic E-state index is 12.6. The van der Waals surface area contributed by atoms with Crippen LogP contribution in [0.2, 0.25) is 0 Å². The normalized spacial score (nSPS) is 13.2. The molecule has 0 fully saturated rings. The second-order valence-electron chi connectivity index (χ2n) is 6.93. The highest BCUT2D eigenvalue weighted by molar-refractivity contribution is 7.20. The number of amides is 1. The van der Waals surface area contributed by atoms with Gasteiger partial charge in [0.25, 0.3) is 11.5 Å². The highest BCUT2D eigenvalue weighted by Gasteiger charge is 2.24. The molecule has 140 valence electrons. The third-order valence-corrected chi connectivity index (χ3v) is 5.64. The molecular formula is C18H23N3O4S. The van der Waals surface area contributed by atoms with E-state index in [0.717, 1.165) is 36.4 Å². The fraction of sp³-hybridized carbons (Fsp3) is 0.556. The fourth-order valence-electron chi connectivity index (χ4n) is 3.02. The summed E-state index contributed by atoms with van der Waals surface area (Å²) >= 11 is 1.15. The van der Waals surface area contributed by atoms with Crippen LogP contribution in [-0.4, -0.2) is 34.6 Å². The van der Waals surface area contributed by atoms with E-state index in [4.69, 9.17) is 4.74 Å². The molecule has 0 aliphatic carbocycles. The molecule has 1 amide bonds. The van der Waals surface area contributed by atoms with Crippen LogP contribution in [0.25, 0.3) is 10.2 Å². The Bertz CT molecular complexity index is 913. The van der Waals surface area contributed by atoms with Crippen molar-refractivity contribution in [2.45, 2.75) is 46.6 Å². The predicted octanol–water partition coefficient (Wildman–Crippen LogP) is 2.03. The molecule has 8 heteroatoms. The number of nitrogens with one attached hydrogen (secondary N) is 1. The molecule has 0 spiro atoms. The Morgan fingerprint density at radius 3 is 2.88 bits per heavy atom. The summed E-state index contributed by atoms with van der Waals surface area (Å²) in [6, 6.07) is 0. The maximum Gasteiger partial charge on any atom is 0.349 e. The quantitative estimate of drug-likeness (QED) is 0.778. The molecule has 2 aromatic heterocycles. The van der Waals surface area contributed by atoms with Crippen molar-refractivity contribution in [3.05, 3.63) is 26.6 Å². The molecule has 7 nitrogen and oxygen atoms in total. The van der Waals surface area contributed by atoms with E-state index < -0.39 is 5.97 Å². The minimum atomic E-state index is -0.589. The van der Waals surface area contributed by atoms with Crippen LogP contribution in [0.3, 0.4) is 0 Å². The number of aryl methyl sites for hydroxylation is 2. The Labute approximate surface area is 155 Å². The van der Waals surface area contributed by atoms with Crippen LogP contribution < -0.4 is 10.9 Å². The van der Waals surface area contributed by atoms with Crippen molar-refractivity contribution < 1.29 is 14.3 Å². The first-order valence-corrected chi connectivity index (χ1v) is 9.66. The van der Waals surface area contributed by atoms with E-state index in [1.807, 2.05) is 0 Å². The zero-order valence-corrected chi connectivity index (χ0v) is 16.1. The number of aromatic nitrogens is 2. The Balaban J connectivity index is 1.71. The second-order valence-corrected chi connectivity index (χ2v) is 7.93. The first kappa shape index (κ1) is 18.6. The average molecular weight is 377 g/mol. The maximum absolute atomic E-state index is 12.6. The van der Waals surface area contributed by atoms with E-state index in [2.05, 4.69) is 24.1 Å². The van der Waals surface area contributed by atoms with Crippen LogP contribution in [0.4, 0.5) is 0 Å². The number of fused-ring (bicyclic) bond motifs is 2. The molecule has 1 N–H and O–H groups in total. The molecule has 3 rings (SSSR count). The molecule has 0 aromatic carbocycles. The Hall–Kier alpha value is -2.22. The Kier molecular flexibility index (Phi) is 5.41. The van der Waals surface area contributed by atoms with Crippen molar-refractivity contribution in [2.75, 3.05) is 13.2 Å². The van der Waals surface area contributed by atoms with E-state index in [9.17, 15) is 14.4 Å². The Morgan fingerprint density at radius 1 is 1.38 bits per heavy atom. The first-order valence-electron chi connectivity index (χ1n) is 8.85. The molecule has 3 heterocycles. The average Bonchev–Trinajstić information content (AvgIpc) is 3.17. The van der Waals surface area contributed by atoms with Gasteiger partial charge in [-0.3, -0.25) is 14.2 Å².